The van der Waals surface area contributed by atoms with Gasteiger partial charge in [-0.05, 0) is 24.6 Å². The number of pyridine rings is 1. The second-order valence-corrected chi connectivity index (χ2v) is 5.75. The Bertz CT molecular complexity index is 924. The Labute approximate surface area is 140 Å². The molecule has 0 spiro atoms. The molecule has 24 heavy (non-hydrogen) atoms. The number of fused-ring (bicyclic) bond motifs is 3. The quantitative estimate of drug-likeness (QED) is 0.799. The Morgan fingerprint density at radius 3 is 2.54 bits per heavy atom. The van der Waals surface area contributed by atoms with Gasteiger partial charge in [0.05, 0.1) is 25.6 Å². The van der Waals surface area contributed by atoms with Crippen LogP contribution in [0.1, 0.15) is 5.56 Å². The number of nitrogen functional groups attached to an aromatic ring is 1. The van der Waals surface area contributed by atoms with Gasteiger partial charge in [0.25, 0.3) is 0 Å². The highest BCUT2D eigenvalue weighted by Gasteiger charge is 2.28. The first-order valence-corrected chi connectivity index (χ1v) is 7.90. The molecule has 1 aromatic heterocycles. The van der Waals surface area contributed by atoms with Gasteiger partial charge in [-0.25, -0.2) is 4.98 Å². The molecule has 0 bridgehead atoms. The van der Waals surface area contributed by atoms with Crippen LogP contribution in [-0.4, -0.2) is 25.7 Å². The maximum absolute atomic E-state index is 6.25. The zero-order valence-electron chi connectivity index (χ0n) is 13.7. The van der Waals surface area contributed by atoms with E-state index in [2.05, 4.69) is 22.0 Å². The third-order valence-electron chi connectivity index (χ3n) is 4.53. The number of hydrogen-bond donors (Lipinski definition) is 1. The first kappa shape index (κ1) is 14.6. The lowest BCUT2D eigenvalue weighted by molar-refractivity contribution is 0.415. The number of para-hydroxylation sites is 3. The van der Waals surface area contributed by atoms with Crippen LogP contribution in [0, 0.1) is 0 Å². The van der Waals surface area contributed by atoms with Crippen LogP contribution in [0.3, 0.4) is 0 Å². The van der Waals surface area contributed by atoms with E-state index >= 15 is 0 Å². The molecular formula is C19H19N3O2. The lowest BCUT2D eigenvalue weighted by atomic mass is 10.1. The van der Waals surface area contributed by atoms with Crippen molar-refractivity contribution < 1.29 is 9.47 Å². The fourth-order valence-corrected chi connectivity index (χ4v) is 3.45. The lowest BCUT2D eigenvalue weighted by Crippen LogP contribution is -2.14. The Morgan fingerprint density at radius 1 is 1.00 bits per heavy atom. The SMILES string of the molecule is COc1ccccc1N1CCc2c(N)nc3c(OC)cccc3c21. The number of methoxy groups -OCH3 is 2. The summed E-state index contributed by atoms with van der Waals surface area (Å²) >= 11 is 0. The molecule has 5 nitrogen and oxygen atoms in total. The van der Waals surface area contributed by atoms with Gasteiger partial charge < -0.3 is 20.1 Å². The number of anilines is 3. The molecule has 0 saturated heterocycles. The third-order valence-corrected chi connectivity index (χ3v) is 4.53. The Kier molecular flexibility index (Phi) is 3.41. The molecule has 0 amide bonds. The van der Waals surface area contributed by atoms with E-state index < -0.39 is 0 Å². The molecule has 0 radical (unpaired) electrons. The molecule has 1 aliphatic rings. The number of nitrogens with zero attached hydrogens (tertiary/aromatic N) is 2. The largest absolute Gasteiger partial charge is 0.495 e. The number of ether oxygens (including phenoxy) is 2. The van der Waals surface area contributed by atoms with Crippen LogP contribution < -0.4 is 20.1 Å². The summed E-state index contributed by atoms with van der Waals surface area (Å²) < 4.78 is 11.0. The maximum Gasteiger partial charge on any atom is 0.145 e. The van der Waals surface area contributed by atoms with Crippen molar-refractivity contribution in [2.24, 2.45) is 0 Å². The summed E-state index contributed by atoms with van der Waals surface area (Å²) in [5.41, 5.74) is 10.3. The van der Waals surface area contributed by atoms with Gasteiger partial charge in [-0.3, -0.25) is 0 Å². The molecule has 122 valence electrons. The molecular weight excluding hydrogens is 302 g/mol. The number of rotatable bonds is 3. The van der Waals surface area contributed by atoms with Crippen LogP contribution in [0.4, 0.5) is 17.2 Å². The molecule has 4 rings (SSSR count). The van der Waals surface area contributed by atoms with E-state index in [1.165, 1.54) is 0 Å². The third kappa shape index (κ3) is 2.05. The Hall–Kier alpha value is -2.95. The van der Waals surface area contributed by atoms with E-state index in [0.29, 0.717) is 5.82 Å². The predicted molar refractivity (Wildman–Crippen MR) is 96.4 cm³/mol. The van der Waals surface area contributed by atoms with E-state index in [9.17, 15) is 0 Å². The van der Waals surface area contributed by atoms with Gasteiger partial charge in [0, 0.05) is 17.5 Å². The zero-order chi connectivity index (χ0) is 16.7. The highest BCUT2D eigenvalue weighted by atomic mass is 16.5. The Balaban J connectivity index is 2.00. The van der Waals surface area contributed by atoms with Crippen LogP contribution >= 0.6 is 0 Å². The summed E-state index contributed by atoms with van der Waals surface area (Å²) in [6, 6.07) is 14.0. The van der Waals surface area contributed by atoms with E-state index in [4.69, 9.17) is 15.2 Å². The Morgan fingerprint density at radius 2 is 1.75 bits per heavy atom. The van der Waals surface area contributed by atoms with Gasteiger partial charge in [0.15, 0.2) is 0 Å². The van der Waals surface area contributed by atoms with Crippen LogP contribution in [-0.2, 0) is 6.42 Å². The number of benzene rings is 2. The van der Waals surface area contributed by atoms with Gasteiger partial charge in [-0.1, -0.05) is 24.3 Å². The molecule has 2 aromatic carbocycles. The van der Waals surface area contributed by atoms with Crippen LogP contribution in [0.25, 0.3) is 10.9 Å². The molecule has 5 heteroatoms. The van der Waals surface area contributed by atoms with Gasteiger partial charge in [-0.15, -0.1) is 0 Å². The lowest BCUT2D eigenvalue weighted by Gasteiger charge is -2.23. The normalized spacial score (nSPS) is 13.2. The molecule has 0 saturated carbocycles. The van der Waals surface area contributed by atoms with E-state index in [0.717, 1.165) is 52.3 Å². The van der Waals surface area contributed by atoms with Crippen molar-refractivity contribution in [1.82, 2.24) is 4.98 Å². The molecule has 0 fully saturated rings. The van der Waals surface area contributed by atoms with Gasteiger partial charge in [0.2, 0.25) is 0 Å². The molecule has 0 unspecified atom stereocenters. The standard InChI is InChI=1S/C19H19N3O2/c1-23-15-8-4-3-7-14(15)22-11-10-13-18(22)12-6-5-9-16(24-2)17(12)21-19(13)20/h3-9H,10-11H2,1-2H3,(H2,20,21). The number of nitrogens with two attached hydrogens (primary N) is 1. The van der Waals surface area contributed by atoms with Crippen molar-refractivity contribution in [3.8, 4) is 11.5 Å². The summed E-state index contributed by atoms with van der Waals surface area (Å²) in [5.74, 6) is 2.14. The van der Waals surface area contributed by atoms with Gasteiger partial charge >= 0.3 is 0 Å². The zero-order valence-corrected chi connectivity index (χ0v) is 13.7. The minimum absolute atomic E-state index is 0.569. The minimum atomic E-state index is 0.569. The van der Waals surface area contributed by atoms with Crippen LogP contribution in [0.5, 0.6) is 11.5 Å². The van der Waals surface area contributed by atoms with Crippen molar-refractivity contribution in [2.75, 3.05) is 31.4 Å². The average Bonchev–Trinajstić information content (AvgIpc) is 3.07. The van der Waals surface area contributed by atoms with Crippen molar-refractivity contribution in [1.29, 1.82) is 0 Å². The average molecular weight is 321 g/mol. The van der Waals surface area contributed by atoms with E-state index in [-0.39, 0.29) is 0 Å². The number of aromatic nitrogens is 1. The maximum atomic E-state index is 6.25. The summed E-state index contributed by atoms with van der Waals surface area (Å²) in [6.45, 7) is 0.845. The second-order valence-electron chi connectivity index (χ2n) is 5.75. The first-order chi connectivity index (χ1) is 11.7. The van der Waals surface area contributed by atoms with Crippen molar-refractivity contribution in [3.05, 3.63) is 48.0 Å². The van der Waals surface area contributed by atoms with Gasteiger partial charge in [-0.2, -0.15) is 0 Å². The fraction of sp³-hybridized carbons (Fsp3) is 0.211. The number of hydrogen-bond acceptors (Lipinski definition) is 5. The second kappa shape index (κ2) is 5.60. The molecule has 0 aliphatic carbocycles. The van der Waals surface area contributed by atoms with Crippen molar-refractivity contribution in [2.45, 2.75) is 6.42 Å². The molecule has 3 aromatic rings. The van der Waals surface area contributed by atoms with E-state index in [1.54, 1.807) is 14.2 Å². The fourth-order valence-electron chi connectivity index (χ4n) is 3.45. The smallest absolute Gasteiger partial charge is 0.145 e. The first-order valence-electron chi connectivity index (χ1n) is 7.90. The summed E-state index contributed by atoms with van der Waals surface area (Å²) in [5, 5.41) is 1.04. The van der Waals surface area contributed by atoms with Crippen molar-refractivity contribution in [3.63, 3.8) is 0 Å². The van der Waals surface area contributed by atoms with Crippen molar-refractivity contribution >= 4 is 28.1 Å². The van der Waals surface area contributed by atoms with Crippen LogP contribution in [0.15, 0.2) is 42.5 Å². The highest BCUT2D eigenvalue weighted by Crippen LogP contribution is 2.45. The minimum Gasteiger partial charge on any atom is -0.495 e. The monoisotopic (exact) mass is 321 g/mol. The van der Waals surface area contributed by atoms with Gasteiger partial charge in [0.1, 0.15) is 22.8 Å². The molecule has 2 N–H and O–H groups in total. The molecule has 2 heterocycles. The highest BCUT2D eigenvalue weighted by molar-refractivity contribution is 6.01. The summed E-state index contributed by atoms with van der Waals surface area (Å²) in [6.07, 6.45) is 0.860. The van der Waals surface area contributed by atoms with Crippen LogP contribution in [0.2, 0.25) is 0 Å². The van der Waals surface area contributed by atoms with E-state index in [1.807, 2.05) is 30.3 Å². The topological polar surface area (TPSA) is 60.6 Å². The summed E-state index contributed by atoms with van der Waals surface area (Å²) in [4.78, 5) is 6.84. The summed E-state index contributed by atoms with van der Waals surface area (Å²) in [7, 11) is 3.34. The predicted octanol–water partition coefficient (Wildman–Crippen LogP) is 3.53. The molecule has 0 atom stereocenters. The molecule has 1 aliphatic heterocycles.